The highest BCUT2D eigenvalue weighted by molar-refractivity contribution is 9.10. The molecule has 0 unspecified atom stereocenters. The summed E-state index contributed by atoms with van der Waals surface area (Å²) in [5.74, 6) is -0.537. The van der Waals surface area contributed by atoms with Gasteiger partial charge in [-0.15, -0.1) is 0 Å². The Labute approximate surface area is 182 Å². The molecular weight excluding hydrogens is 442 g/mol. The fraction of sp³-hybridized carbons (Fsp3) is 0.0833. The first-order valence-corrected chi connectivity index (χ1v) is 10.2. The molecule has 0 spiro atoms. The minimum Gasteiger partial charge on any atom is -0.507 e. The summed E-state index contributed by atoms with van der Waals surface area (Å²) >= 11 is 3.51. The van der Waals surface area contributed by atoms with Crippen LogP contribution in [0.2, 0.25) is 0 Å². The number of benzene rings is 3. The maximum Gasteiger partial charge on any atom is 0.275 e. The quantitative estimate of drug-likeness (QED) is 0.312. The third kappa shape index (κ3) is 3.86. The van der Waals surface area contributed by atoms with Gasteiger partial charge in [-0.2, -0.15) is 5.10 Å². The second kappa shape index (κ2) is 8.16. The minimum atomic E-state index is -0.463. The monoisotopic (exact) mass is 461 g/mol. The number of hydrogen-bond donors (Lipinski definition) is 2. The smallest absolute Gasteiger partial charge is 0.275 e. The van der Waals surface area contributed by atoms with Gasteiger partial charge in [-0.1, -0.05) is 46.3 Å². The molecule has 3 aromatic carbocycles. The van der Waals surface area contributed by atoms with Crippen LogP contribution in [0.5, 0.6) is 5.75 Å². The summed E-state index contributed by atoms with van der Waals surface area (Å²) in [6.07, 6.45) is 1.62. The van der Waals surface area contributed by atoms with Gasteiger partial charge in [-0.3, -0.25) is 4.79 Å². The second-order valence-electron chi connectivity index (χ2n) is 7.06. The van der Waals surface area contributed by atoms with E-state index in [-0.39, 0.29) is 11.3 Å². The molecule has 0 bridgehead atoms. The fourth-order valence-corrected chi connectivity index (χ4v) is 3.95. The number of aromatic hydroxyl groups is 1. The Bertz CT molecular complexity index is 1290. The first-order chi connectivity index (χ1) is 14.4. The number of aryl methyl sites for hydroxylation is 1. The largest absolute Gasteiger partial charge is 0.507 e. The third-order valence-electron chi connectivity index (χ3n) is 5.02. The van der Waals surface area contributed by atoms with Crippen LogP contribution in [0.1, 0.15) is 27.3 Å². The molecule has 1 heterocycles. The number of nitrogens with zero attached hydrogens (tertiary/aromatic N) is 2. The molecule has 4 rings (SSSR count). The molecule has 0 atom stereocenters. The molecule has 0 radical (unpaired) electrons. The number of amides is 1. The van der Waals surface area contributed by atoms with Gasteiger partial charge in [0, 0.05) is 27.1 Å². The summed E-state index contributed by atoms with van der Waals surface area (Å²) in [7, 11) is 0. The van der Waals surface area contributed by atoms with E-state index in [9.17, 15) is 9.90 Å². The lowest BCUT2D eigenvalue weighted by atomic mass is 10.1. The third-order valence-corrected chi connectivity index (χ3v) is 5.51. The molecule has 0 saturated heterocycles. The van der Waals surface area contributed by atoms with Crippen molar-refractivity contribution in [1.82, 2.24) is 9.99 Å². The summed E-state index contributed by atoms with van der Waals surface area (Å²) in [5, 5.41) is 16.1. The lowest BCUT2D eigenvalue weighted by Crippen LogP contribution is -2.17. The van der Waals surface area contributed by atoms with Crippen molar-refractivity contribution in [3.05, 3.63) is 93.7 Å². The van der Waals surface area contributed by atoms with E-state index >= 15 is 0 Å². The van der Waals surface area contributed by atoms with Gasteiger partial charge in [0.25, 0.3) is 5.91 Å². The van der Waals surface area contributed by atoms with Crippen LogP contribution >= 0.6 is 15.9 Å². The van der Waals surface area contributed by atoms with Gasteiger partial charge in [-0.05, 0) is 61.0 Å². The molecule has 30 heavy (non-hydrogen) atoms. The van der Waals surface area contributed by atoms with E-state index in [4.69, 9.17) is 0 Å². The number of halogens is 1. The molecule has 0 saturated carbocycles. The number of nitrogens with one attached hydrogen (secondary N) is 1. The normalized spacial score (nSPS) is 11.3. The van der Waals surface area contributed by atoms with E-state index < -0.39 is 5.91 Å². The molecule has 4 aromatic rings. The predicted molar refractivity (Wildman–Crippen MR) is 124 cm³/mol. The Morgan fingerprint density at radius 3 is 2.50 bits per heavy atom. The van der Waals surface area contributed by atoms with Crippen molar-refractivity contribution in [2.24, 2.45) is 5.10 Å². The number of hydrazone groups is 1. The lowest BCUT2D eigenvalue weighted by molar-refractivity contribution is 0.0952. The van der Waals surface area contributed by atoms with E-state index in [0.717, 1.165) is 37.9 Å². The Morgan fingerprint density at radius 2 is 1.77 bits per heavy atom. The number of carbonyl (C=O) groups is 1. The molecule has 0 aliphatic carbocycles. The van der Waals surface area contributed by atoms with E-state index in [1.165, 1.54) is 0 Å². The van der Waals surface area contributed by atoms with Crippen molar-refractivity contribution in [3.63, 3.8) is 0 Å². The SMILES string of the molecule is Cc1cc(/C=N\NC(=O)c2cc3ccccc3cc2O)c(C)n1-c1cccc(Br)c1. The highest BCUT2D eigenvalue weighted by Crippen LogP contribution is 2.25. The summed E-state index contributed by atoms with van der Waals surface area (Å²) in [4.78, 5) is 12.5. The van der Waals surface area contributed by atoms with Crippen LogP contribution < -0.4 is 5.43 Å². The van der Waals surface area contributed by atoms with Gasteiger partial charge in [0.2, 0.25) is 0 Å². The van der Waals surface area contributed by atoms with Crippen molar-refractivity contribution in [3.8, 4) is 11.4 Å². The van der Waals surface area contributed by atoms with Crippen LogP contribution in [0.25, 0.3) is 16.5 Å². The van der Waals surface area contributed by atoms with Crippen LogP contribution in [-0.2, 0) is 0 Å². The molecule has 150 valence electrons. The van der Waals surface area contributed by atoms with Crippen LogP contribution in [-0.4, -0.2) is 21.8 Å². The molecule has 1 amide bonds. The van der Waals surface area contributed by atoms with Crippen molar-refractivity contribution >= 4 is 38.8 Å². The van der Waals surface area contributed by atoms with Gasteiger partial charge in [0.15, 0.2) is 0 Å². The topological polar surface area (TPSA) is 66.6 Å². The van der Waals surface area contributed by atoms with Gasteiger partial charge < -0.3 is 9.67 Å². The van der Waals surface area contributed by atoms with Crippen molar-refractivity contribution in [2.45, 2.75) is 13.8 Å². The minimum absolute atomic E-state index is 0.0748. The first kappa shape index (κ1) is 19.9. The number of fused-ring (bicyclic) bond motifs is 1. The molecule has 2 N–H and O–H groups in total. The molecular formula is C24H20BrN3O2. The Balaban J connectivity index is 1.56. The predicted octanol–water partition coefficient (Wildman–Crippen LogP) is 5.48. The number of phenolic OH excluding ortho intramolecular Hbond substituents is 1. The molecule has 5 nitrogen and oxygen atoms in total. The summed E-state index contributed by atoms with van der Waals surface area (Å²) in [6, 6.07) is 20.9. The van der Waals surface area contributed by atoms with E-state index in [1.807, 2.05) is 68.4 Å². The number of aromatic nitrogens is 1. The zero-order valence-electron chi connectivity index (χ0n) is 16.6. The average molecular weight is 462 g/mol. The number of carbonyl (C=O) groups excluding carboxylic acids is 1. The summed E-state index contributed by atoms with van der Waals surface area (Å²) < 4.78 is 3.13. The van der Waals surface area contributed by atoms with Crippen molar-refractivity contribution in [2.75, 3.05) is 0 Å². The van der Waals surface area contributed by atoms with E-state index in [0.29, 0.717) is 0 Å². The molecule has 0 aliphatic heterocycles. The molecule has 6 heteroatoms. The van der Waals surface area contributed by atoms with E-state index in [1.54, 1.807) is 18.3 Å². The average Bonchev–Trinajstić information content (AvgIpc) is 3.00. The van der Waals surface area contributed by atoms with Gasteiger partial charge in [0.1, 0.15) is 5.75 Å². The number of hydrogen-bond acceptors (Lipinski definition) is 3. The summed E-state index contributed by atoms with van der Waals surface area (Å²) in [5.41, 5.74) is 6.71. The highest BCUT2D eigenvalue weighted by atomic mass is 79.9. The molecule has 1 aromatic heterocycles. The maximum absolute atomic E-state index is 12.5. The second-order valence-corrected chi connectivity index (χ2v) is 7.97. The fourth-order valence-electron chi connectivity index (χ4n) is 3.56. The van der Waals surface area contributed by atoms with Gasteiger partial charge >= 0.3 is 0 Å². The number of rotatable bonds is 4. The van der Waals surface area contributed by atoms with Crippen LogP contribution in [0.15, 0.2) is 76.3 Å². The Hall–Kier alpha value is -3.38. The summed E-state index contributed by atoms with van der Waals surface area (Å²) in [6.45, 7) is 4.03. The highest BCUT2D eigenvalue weighted by Gasteiger charge is 2.13. The van der Waals surface area contributed by atoms with Gasteiger partial charge in [0.05, 0.1) is 11.8 Å². The zero-order chi connectivity index (χ0) is 21.3. The first-order valence-electron chi connectivity index (χ1n) is 9.44. The zero-order valence-corrected chi connectivity index (χ0v) is 18.1. The maximum atomic E-state index is 12.5. The van der Waals surface area contributed by atoms with E-state index in [2.05, 4.69) is 31.0 Å². The lowest BCUT2D eigenvalue weighted by Gasteiger charge is -2.10. The van der Waals surface area contributed by atoms with Crippen LogP contribution in [0.4, 0.5) is 0 Å². The Kier molecular flexibility index (Phi) is 5.42. The van der Waals surface area contributed by atoms with Crippen LogP contribution in [0, 0.1) is 13.8 Å². The van der Waals surface area contributed by atoms with Gasteiger partial charge in [-0.25, -0.2) is 5.43 Å². The standard InChI is InChI=1S/C24H20BrN3O2/c1-15-10-19(16(2)28(15)21-9-5-8-20(25)13-21)14-26-27-24(30)22-11-17-6-3-4-7-18(17)12-23(22)29/h3-14,29H,1-2H3,(H,27,30)/b26-14-. The number of phenols is 1. The molecule has 0 aliphatic rings. The Morgan fingerprint density at radius 1 is 1.03 bits per heavy atom. The van der Waals surface area contributed by atoms with Crippen molar-refractivity contribution in [1.29, 1.82) is 0 Å². The molecule has 0 fully saturated rings. The van der Waals surface area contributed by atoms with Crippen LogP contribution in [0.3, 0.4) is 0 Å². The van der Waals surface area contributed by atoms with Crippen molar-refractivity contribution < 1.29 is 9.90 Å².